The third-order valence-electron chi connectivity index (χ3n) is 4.45. The van der Waals surface area contributed by atoms with E-state index in [0.717, 1.165) is 23.4 Å². The second-order valence-electron chi connectivity index (χ2n) is 5.95. The summed E-state index contributed by atoms with van der Waals surface area (Å²) in [6.45, 7) is 1.99. The molecule has 0 amide bonds. The lowest BCUT2D eigenvalue weighted by Gasteiger charge is -2.34. The van der Waals surface area contributed by atoms with Crippen LogP contribution >= 0.6 is 0 Å². The van der Waals surface area contributed by atoms with Crippen molar-refractivity contribution in [3.8, 4) is 0 Å². The number of alkyl halides is 3. The smallest absolute Gasteiger partial charge is 0.257 e. The molecule has 1 aromatic carbocycles. The van der Waals surface area contributed by atoms with Crippen LogP contribution in [0.25, 0.3) is 0 Å². The van der Waals surface area contributed by atoms with E-state index in [1.54, 1.807) is 6.08 Å². The Morgan fingerprint density at radius 1 is 1.19 bits per heavy atom. The Balaban J connectivity index is 1.99. The summed E-state index contributed by atoms with van der Waals surface area (Å²) in [5.41, 5.74) is 2.69. The first-order valence-electron chi connectivity index (χ1n) is 7.36. The molecule has 3 unspecified atom stereocenters. The Hall–Kier alpha value is -1.58. The van der Waals surface area contributed by atoms with Crippen molar-refractivity contribution in [3.63, 3.8) is 0 Å². The zero-order valence-electron chi connectivity index (χ0n) is 11.9. The molecule has 1 aliphatic carbocycles. The molecule has 2 aliphatic rings. The average molecular weight is 293 g/mol. The molecule has 21 heavy (non-hydrogen) atoms. The largest absolute Gasteiger partial charge is 0.395 e. The maximum atomic E-state index is 13.3. The lowest BCUT2D eigenvalue weighted by atomic mass is 9.74. The molecule has 0 saturated heterocycles. The predicted molar refractivity (Wildman–Crippen MR) is 77.8 cm³/mol. The normalized spacial score (nSPS) is 29.0. The molecule has 1 aromatic rings. The van der Waals surface area contributed by atoms with Gasteiger partial charge in [0.2, 0.25) is 0 Å². The van der Waals surface area contributed by atoms with Gasteiger partial charge in [0, 0.05) is 11.6 Å². The van der Waals surface area contributed by atoms with Gasteiger partial charge in [0.1, 0.15) is 0 Å². The summed E-state index contributed by atoms with van der Waals surface area (Å²) in [5, 5.41) is 0. The van der Waals surface area contributed by atoms with Crippen LogP contribution in [-0.4, -0.2) is 11.9 Å². The third-order valence-corrected chi connectivity index (χ3v) is 4.45. The topological polar surface area (TPSA) is 12.4 Å². The van der Waals surface area contributed by atoms with E-state index in [2.05, 4.69) is 4.99 Å². The van der Waals surface area contributed by atoms with Crippen molar-refractivity contribution in [1.82, 2.24) is 0 Å². The summed E-state index contributed by atoms with van der Waals surface area (Å²) >= 11 is 0. The number of nitrogens with zero attached hydrogens (tertiary/aromatic N) is 1. The number of rotatable bonds is 1. The van der Waals surface area contributed by atoms with Crippen molar-refractivity contribution in [3.05, 3.63) is 42.0 Å². The van der Waals surface area contributed by atoms with Crippen LogP contribution in [0.1, 0.15) is 25.3 Å². The second kappa shape index (κ2) is 5.32. The lowest BCUT2D eigenvalue weighted by molar-refractivity contribution is -0.170. The van der Waals surface area contributed by atoms with Crippen LogP contribution in [0.5, 0.6) is 0 Å². The Bertz CT molecular complexity index is 586. The van der Waals surface area contributed by atoms with Gasteiger partial charge in [-0.1, -0.05) is 37.3 Å². The van der Waals surface area contributed by atoms with E-state index in [-0.39, 0.29) is 5.92 Å². The molecule has 0 saturated carbocycles. The third kappa shape index (κ3) is 2.76. The number of aliphatic imine (C=N–C) groups is 1. The minimum atomic E-state index is -4.19. The standard InChI is InChI=1S/C17H18F3N/c1-11-10-12-6-2-5-9-15(12)21-16(11)13-7-3-4-8-14(13)17(18,19)20/h2,4-6,8-9,11,13-14H,3,7,10H2,1H3. The van der Waals surface area contributed by atoms with E-state index in [1.807, 2.05) is 31.2 Å². The van der Waals surface area contributed by atoms with Gasteiger partial charge in [-0.05, 0) is 36.8 Å². The second-order valence-corrected chi connectivity index (χ2v) is 5.95. The Kier molecular flexibility index (Phi) is 3.64. The Morgan fingerprint density at radius 2 is 1.95 bits per heavy atom. The zero-order valence-corrected chi connectivity index (χ0v) is 11.9. The van der Waals surface area contributed by atoms with Gasteiger partial charge in [0.15, 0.2) is 0 Å². The van der Waals surface area contributed by atoms with Crippen LogP contribution in [0.2, 0.25) is 0 Å². The van der Waals surface area contributed by atoms with Gasteiger partial charge >= 0.3 is 6.18 Å². The van der Waals surface area contributed by atoms with E-state index in [1.165, 1.54) is 6.08 Å². The van der Waals surface area contributed by atoms with E-state index >= 15 is 0 Å². The maximum absolute atomic E-state index is 13.3. The molecule has 1 aliphatic heterocycles. The summed E-state index contributed by atoms with van der Waals surface area (Å²) in [5.74, 6) is -1.84. The highest BCUT2D eigenvalue weighted by Crippen LogP contribution is 2.42. The van der Waals surface area contributed by atoms with Crippen molar-refractivity contribution in [1.29, 1.82) is 0 Å². The van der Waals surface area contributed by atoms with Crippen molar-refractivity contribution >= 4 is 11.4 Å². The van der Waals surface area contributed by atoms with Crippen molar-refractivity contribution in [2.45, 2.75) is 32.4 Å². The molecule has 112 valence electrons. The minimum Gasteiger partial charge on any atom is -0.257 e. The van der Waals surface area contributed by atoms with Crippen LogP contribution < -0.4 is 0 Å². The Morgan fingerprint density at radius 3 is 2.71 bits per heavy atom. The van der Waals surface area contributed by atoms with Crippen LogP contribution in [0, 0.1) is 17.8 Å². The van der Waals surface area contributed by atoms with Gasteiger partial charge in [0.25, 0.3) is 0 Å². The zero-order chi connectivity index (χ0) is 15.0. The highest BCUT2D eigenvalue weighted by atomic mass is 19.4. The fourth-order valence-corrected chi connectivity index (χ4v) is 3.43. The summed E-state index contributed by atoms with van der Waals surface area (Å²) in [4.78, 5) is 4.60. The van der Waals surface area contributed by atoms with Crippen LogP contribution in [0.4, 0.5) is 18.9 Å². The van der Waals surface area contributed by atoms with Gasteiger partial charge in [-0.2, -0.15) is 13.2 Å². The molecule has 3 rings (SSSR count). The molecule has 0 radical (unpaired) electrons. The van der Waals surface area contributed by atoms with Gasteiger partial charge in [0.05, 0.1) is 11.6 Å². The molecular weight excluding hydrogens is 275 g/mol. The Labute approximate surface area is 122 Å². The fraction of sp³-hybridized carbons (Fsp3) is 0.471. The average Bonchev–Trinajstić information content (AvgIpc) is 2.45. The van der Waals surface area contributed by atoms with Gasteiger partial charge < -0.3 is 0 Å². The van der Waals surface area contributed by atoms with E-state index in [9.17, 15) is 13.2 Å². The SMILES string of the molecule is CC1Cc2ccccc2N=C1C1CCC=CC1C(F)(F)F. The first-order valence-corrected chi connectivity index (χ1v) is 7.36. The summed E-state index contributed by atoms with van der Waals surface area (Å²) in [7, 11) is 0. The van der Waals surface area contributed by atoms with E-state index in [4.69, 9.17) is 0 Å². The van der Waals surface area contributed by atoms with Crippen molar-refractivity contribution in [2.24, 2.45) is 22.7 Å². The monoisotopic (exact) mass is 293 g/mol. The first kappa shape index (κ1) is 14.4. The first-order chi connectivity index (χ1) is 9.97. The molecule has 4 heteroatoms. The molecule has 3 atom stereocenters. The van der Waals surface area contributed by atoms with E-state index < -0.39 is 18.0 Å². The van der Waals surface area contributed by atoms with Crippen LogP contribution in [0.3, 0.4) is 0 Å². The molecule has 0 spiro atoms. The molecule has 0 aromatic heterocycles. The number of para-hydroxylation sites is 1. The quantitative estimate of drug-likeness (QED) is 0.639. The molecule has 0 fully saturated rings. The van der Waals surface area contributed by atoms with Crippen LogP contribution in [-0.2, 0) is 6.42 Å². The summed E-state index contributed by atoms with van der Waals surface area (Å²) in [6.07, 6.45) is 0.789. The van der Waals surface area contributed by atoms with Crippen molar-refractivity contribution < 1.29 is 13.2 Å². The molecule has 1 nitrogen and oxygen atoms in total. The number of hydrogen-bond acceptors (Lipinski definition) is 1. The van der Waals surface area contributed by atoms with E-state index in [0.29, 0.717) is 12.8 Å². The number of hydrogen-bond donors (Lipinski definition) is 0. The number of benzene rings is 1. The highest BCUT2D eigenvalue weighted by Gasteiger charge is 2.46. The number of allylic oxidation sites excluding steroid dienone is 2. The van der Waals surface area contributed by atoms with Gasteiger partial charge in [-0.15, -0.1) is 0 Å². The summed E-state index contributed by atoms with van der Waals surface area (Å²) < 4.78 is 39.8. The molecule has 1 heterocycles. The lowest BCUT2D eigenvalue weighted by Crippen LogP contribution is -2.38. The highest BCUT2D eigenvalue weighted by molar-refractivity contribution is 5.93. The van der Waals surface area contributed by atoms with Crippen LogP contribution in [0.15, 0.2) is 41.4 Å². The predicted octanol–water partition coefficient (Wildman–Crippen LogP) is 5.10. The van der Waals surface area contributed by atoms with Gasteiger partial charge in [-0.25, -0.2) is 0 Å². The number of halogens is 3. The molecule has 0 N–H and O–H groups in total. The minimum absolute atomic E-state index is 0.0706. The summed E-state index contributed by atoms with van der Waals surface area (Å²) in [6, 6.07) is 7.74. The fourth-order valence-electron chi connectivity index (χ4n) is 3.43. The number of fused-ring (bicyclic) bond motifs is 1. The molecule has 0 bridgehead atoms. The maximum Gasteiger partial charge on any atom is 0.395 e. The van der Waals surface area contributed by atoms with Gasteiger partial charge in [-0.3, -0.25) is 4.99 Å². The molecular formula is C17H18F3N. The van der Waals surface area contributed by atoms with Crippen molar-refractivity contribution in [2.75, 3.05) is 0 Å².